The van der Waals surface area contributed by atoms with E-state index in [9.17, 15) is 4.79 Å². The molecule has 2 atom stereocenters. The van der Waals surface area contributed by atoms with Gasteiger partial charge in [-0.25, -0.2) is 0 Å². The fourth-order valence-corrected chi connectivity index (χ4v) is 3.94. The Hall–Kier alpha value is -3.01. The van der Waals surface area contributed by atoms with E-state index in [-0.39, 0.29) is 30.7 Å². The first-order valence-corrected chi connectivity index (χ1v) is 9.61. The van der Waals surface area contributed by atoms with Crippen molar-refractivity contribution < 1.29 is 4.79 Å². The Morgan fingerprint density at radius 1 is 0.607 bits per heavy atom. The first kappa shape index (κ1) is 18.4. The Bertz CT molecular complexity index is 1040. The van der Waals surface area contributed by atoms with Crippen molar-refractivity contribution >= 4 is 27.3 Å². The summed E-state index contributed by atoms with van der Waals surface area (Å²) < 4.78 is 0. The molecule has 4 N–H and O–H groups in total. The number of rotatable bonds is 6. The summed E-state index contributed by atoms with van der Waals surface area (Å²) in [4.78, 5) is 12.7. The van der Waals surface area contributed by atoms with Crippen LogP contribution < -0.4 is 11.5 Å². The number of nitrogens with two attached hydrogens (primary N) is 2. The molecule has 4 rings (SSSR count). The zero-order valence-electron chi connectivity index (χ0n) is 15.7. The summed E-state index contributed by atoms with van der Waals surface area (Å²) in [5.74, 6) is 0.0841. The summed E-state index contributed by atoms with van der Waals surface area (Å²) in [5.41, 5.74) is 14.8. The van der Waals surface area contributed by atoms with Crippen molar-refractivity contribution in [2.75, 3.05) is 0 Å². The molecule has 140 valence electrons. The minimum Gasteiger partial charge on any atom is -0.324 e. The molecule has 3 nitrogen and oxygen atoms in total. The number of ketones is 1. The molecule has 4 aromatic carbocycles. The lowest BCUT2D eigenvalue weighted by Crippen LogP contribution is -2.20. The van der Waals surface area contributed by atoms with Crippen LogP contribution in [0.2, 0.25) is 0 Å². The average molecular weight is 368 g/mol. The summed E-state index contributed by atoms with van der Waals surface area (Å²) in [7, 11) is 0. The third-order valence-electron chi connectivity index (χ3n) is 5.34. The second kappa shape index (κ2) is 7.93. The van der Waals surface area contributed by atoms with E-state index in [1.54, 1.807) is 0 Å². The van der Waals surface area contributed by atoms with Crippen molar-refractivity contribution in [3.63, 3.8) is 0 Å². The normalized spacial score (nSPS) is 13.5. The zero-order valence-corrected chi connectivity index (χ0v) is 15.7. The maximum atomic E-state index is 12.7. The van der Waals surface area contributed by atoms with Crippen molar-refractivity contribution in [1.29, 1.82) is 0 Å². The van der Waals surface area contributed by atoms with Crippen LogP contribution in [0.15, 0.2) is 84.9 Å². The Morgan fingerprint density at radius 2 is 1.00 bits per heavy atom. The molecular weight excluding hydrogens is 344 g/mol. The van der Waals surface area contributed by atoms with Crippen molar-refractivity contribution in [1.82, 2.24) is 0 Å². The van der Waals surface area contributed by atoms with E-state index in [4.69, 9.17) is 11.5 Å². The minimum absolute atomic E-state index is 0.0841. The van der Waals surface area contributed by atoms with Gasteiger partial charge in [0.15, 0.2) is 0 Å². The second-order valence-corrected chi connectivity index (χ2v) is 7.30. The molecule has 0 heterocycles. The molecule has 2 unspecified atom stereocenters. The van der Waals surface area contributed by atoms with Crippen molar-refractivity contribution in [3.8, 4) is 0 Å². The molecule has 0 saturated carbocycles. The second-order valence-electron chi connectivity index (χ2n) is 7.30. The fraction of sp³-hybridized carbons (Fsp3) is 0.160. The average Bonchev–Trinajstić information content (AvgIpc) is 2.72. The van der Waals surface area contributed by atoms with E-state index >= 15 is 0 Å². The number of Topliss-reactive ketones (excluding diaryl/α,β-unsaturated/α-hetero) is 1. The lowest BCUT2D eigenvalue weighted by Gasteiger charge is -2.17. The van der Waals surface area contributed by atoms with Crippen LogP contribution in [0.3, 0.4) is 0 Å². The zero-order chi connectivity index (χ0) is 19.5. The maximum Gasteiger partial charge on any atom is 0.136 e. The topological polar surface area (TPSA) is 69.1 Å². The third-order valence-corrected chi connectivity index (χ3v) is 5.34. The van der Waals surface area contributed by atoms with Crippen LogP contribution in [0.4, 0.5) is 0 Å². The van der Waals surface area contributed by atoms with Crippen molar-refractivity contribution in [2.24, 2.45) is 11.5 Å². The van der Waals surface area contributed by atoms with Crippen LogP contribution in [-0.4, -0.2) is 5.78 Å². The summed E-state index contributed by atoms with van der Waals surface area (Å²) in [6, 6.07) is 27.7. The van der Waals surface area contributed by atoms with Crippen molar-refractivity contribution in [3.05, 3.63) is 96.1 Å². The van der Waals surface area contributed by atoms with Gasteiger partial charge in [-0.15, -0.1) is 0 Å². The minimum atomic E-state index is -0.335. The van der Waals surface area contributed by atoms with Gasteiger partial charge in [0.25, 0.3) is 0 Å². The first-order chi connectivity index (χ1) is 13.6. The van der Waals surface area contributed by atoms with Gasteiger partial charge in [-0.2, -0.15) is 0 Å². The van der Waals surface area contributed by atoms with Crippen LogP contribution >= 0.6 is 0 Å². The van der Waals surface area contributed by atoms with Crippen LogP contribution in [0.25, 0.3) is 21.5 Å². The predicted octanol–water partition coefficient (Wildman–Crippen LogP) is 5.04. The fourth-order valence-electron chi connectivity index (χ4n) is 3.94. The molecular formula is C25H24N2O. The molecule has 3 heteroatoms. The van der Waals surface area contributed by atoms with Crippen molar-refractivity contribution in [2.45, 2.75) is 24.9 Å². The highest BCUT2D eigenvalue weighted by molar-refractivity contribution is 5.89. The number of fused-ring (bicyclic) bond motifs is 2. The molecule has 0 aliphatic heterocycles. The van der Waals surface area contributed by atoms with Gasteiger partial charge in [-0.3, -0.25) is 4.79 Å². The van der Waals surface area contributed by atoms with Gasteiger partial charge < -0.3 is 11.5 Å². The number of benzene rings is 4. The van der Waals surface area contributed by atoms with Gasteiger partial charge in [0.2, 0.25) is 0 Å². The number of carbonyl (C=O) groups excluding carboxylic acids is 1. The van der Waals surface area contributed by atoms with E-state index in [0.29, 0.717) is 0 Å². The Kier molecular flexibility index (Phi) is 5.20. The summed E-state index contributed by atoms with van der Waals surface area (Å²) in [6.07, 6.45) is 0.568. The van der Waals surface area contributed by atoms with E-state index in [1.807, 2.05) is 48.5 Å². The standard InChI is InChI=1S/C25H24N2O/c26-24(22-13-5-9-17-7-1-3-11-20(17)22)15-19(28)16-25(27)23-14-6-10-18-8-2-4-12-21(18)23/h1-14,24-25H,15-16,26-27H2. The third kappa shape index (κ3) is 3.68. The van der Waals surface area contributed by atoms with E-state index < -0.39 is 0 Å². The number of hydrogen-bond donors (Lipinski definition) is 2. The quantitative estimate of drug-likeness (QED) is 0.501. The molecule has 0 bridgehead atoms. The molecule has 0 aliphatic rings. The molecule has 0 fully saturated rings. The summed E-state index contributed by atoms with van der Waals surface area (Å²) >= 11 is 0. The van der Waals surface area contributed by atoms with Gasteiger partial charge in [0.05, 0.1) is 0 Å². The highest BCUT2D eigenvalue weighted by Gasteiger charge is 2.18. The molecule has 0 spiro atoms. The highest BCUT2D eigenvalue weighted by atomic mass is 16.1. The van der Waals surface area contributed by atoms with Gasteiger partial charge in [-0.1, -0.05) is 84.9 Å². The van der Waals surface area contributed by atoms with Gasteiger partial charge in [0, 0.05) is 24.9 Å². The molecule has 4 aromatic rings. The van der Waals surface area contributed by atoms with Gasteiger partial charge >= 0.3 is 0 Å². The molecule has 0 amide bonds. The number of hydrogen-bond acceptors (Lipinski definition) is 3. The number of carbonyl (C=O) groups is 1. The van der Waals surface area contributed by atoms with Crippen LogP contribution in [0.1, 0.15) is 36.1 Å². The summed E-state index contributed by atoms with van der Waals surface area (Å²) in [5, 5.41) is 4.47. The lowest BCUT2D eigenvalue weighted by molar-refractivity contribution is -0.119. The van der Waals surface area contributed by atoms with Crippen LogP contribution in [0.5, 0.6) is 0 Å². The predicted molar refractivity (Wildman–Crippen MR) is 116 cm³/mol. The molecule has 0 aliphatic carbocycles. The Labute approximate surface area is 165 Å². The van der Waals surface area contributed by atoms with E-state index in [2.05, 4.69) is 36.4 Å². The first-order valence-electron chi connectivity index (χ1n) is 9.61. The van der Waals surface area contributed by atoms with Crippen LogP contribution in [0, 0.1) is 0 Å². The lowest BCUT2D eigenvalue weighted by atomic mass is 9.92. The summed E-state index contributed by atoms with van der Waals surface area (Å²) in [6.45, 7) is 0. The Morgan fingerprint density at radius 3 is 1.46 bits per heavy atom. The van der Waals surface area contributed by atoms with Crippen LogP contribution in [-0.2, 0) is 4.79 Å². The molecule has 0 radical (unpaired) electrons. The monoisotopic (exact) mass is 368 g/mol. The van der Waals surface area contributed by atoms with E-state index in [1.165, 1.54) is 0 Å². The van der Waals surface area contributed by atoms with Gasteiger partial charge in [-0.05, 0) is 32.7 Å². The maximum absolute atomic E-state index is 12.7. The van der Waals surface area contributed by atoms with E-state index in [0.717, 1.165) is 32.7 Å². The molecule has 0 aromatic heterocycles. The molecule has 0 saturated heterocycles. The SMILES string of the molecule is NC(CC(=O)CC(N)c1cccc2ccccc12)c1cccc2ccccc12. The Balaban J connectivity index is 1.50. The highest BCUT2D eigenvalue weighted by Crippen LogP contribution is 2.28. The largest absolute Gasteiger partial charge is 0.324 e. The van der Waals surface area contributed by atoms with Gasteiger partial charge in [0.1, 0.15) is 5.78 Å². The molecule has 28 heavy (non-hydrogen) atoms. The smallest absolute Gasteiger partial charge is 0.136 e.